The van der Waals surface area contributed by atoms with Crippen molar-refractivity contribution in [2.24, 2.45) is 0 Å². The van der Waals surface area contributed by atoms with Crippen LogP contribution in [0.15, 0.2) is 36.5 Å². The average molecular weight is 400 g/mol. The number of aliphatic hydroxyl groups excluding tert-OH is 1. The minimum absolute atomic E-state index is 0.231. The molecular weight excluding hydrogens is 378 g/mol. The van der Waals surface area contributed by atoms with E-state index >= 15 is 0 Å². The minimum atomic E-state index is -0.231. The molecule has 1 saturated heterocycles. The molecule has 3 aromatic rings. The number of pyridine rings is 1. The Morgan fingerprint density at radius 3 is 2.82 bits per heavy atom. The van der Waals surface area contributed by atoms with Crippen molar-refractivity contribution in [3.8, 4) is 5.75 Å². The number of aliphatic hydroxyl groups is 1. The zero-order valence-corrected chi connectivity index (χ0v) is 16.4. The number of hydrogen-bond acceptors (Lipinski definition) is 7. The van der Waals surface area contributed by atoms with Gasteiger partial charge in [0.1, 0.15) is 11.3 Å². The maximum atomic E-state index is 9.76. The number of benzene rings is 1. The van der Waals surface area contributed by atoms with Crippen LogP contribution in [0.1, 0.15) is 18.4 Å². The van der Waals surface area contributed by atoms with Gasteiger partial charge in [0.25, 0.3) is 0 Å². The van der Waals surface area contributed by atoms with Crippen molar-refractivity contribution in [1.29, 1.82) is 0 Å². The van der Waals surface area contributed by atoms with Crippen LogP contribution in [0.5, 0.6) is 5.75 Å². The number of ether oxygens (including phenoxy) is 1. The second-order valence-corrected chi connectivity index (χ2v) is 7.22. The number of nitrogens with zero attached hydrogens (tertiary/aromatic N) is 4. The Hall–Kier alpha value is -2.64. The molecule has 4 rings (SSSR count). The maximum Gasteiger partial charge on any atom is 0.175 e. The standard InChI is InChI=1S/C20H22ClN5O2/c1-28-17-5-4-13(11-16(17)21)12-23-19-18-15(3-2-8-22-18)20(25-24-19)26-9-6-14(27)7-10-26/h2-5,8,11,14,27H,6-7,9-10,12H2,1H3,(H,23,24). The van der Waals surface area contributed by atoms with Crippen LogP contribution in [0, 0.1) is 0 Å². The zero-order chi connectivity index (χ0) is 19.5. The zero-order valence-electron chi connectivity index (χ0n) is 15.6. The Balaban J connectivity index is 1.58. The summed E-state index contributed by atoms with van der Waals surface area (Å²) < 4.78 is 5.19. The van der Waals surface area contributed by atoms with Gasteiger partial charge in [0.2, 0.25) is 0 Å². The molecule has 1 aliphatic rings. The number of fused-ring (bicyclic) bond motifs is 1. The maximum absolute atomic E-state index is 9.76. The molecule has 1 fully saturated rings. The smallest absolute Gasteiger partial charge is 0.175 e. The van der Waals surface area contributed by atoms with Gasteiger partial charge in [0, 0.05) is 31.2 Å². The average Bonchev–Trinajstić information content (AvgIpc) is 2.73. The fourth-order valence-corrected chi connectivity index (χ4v) is 3.69. The summed E-state index contributed by atoms with van der Waals surface area (Å²) in [5, 5.41) is 23.4. The lowest BCUT2D eigenvalue weighted by molar-refractivity contribution is 0.145. The first-order chi connectivity index (χ1) is 13.7. The van der Waals surface area contributed by atoms with Crippen LogP contribution in [-0.2, 0) is 6.54 Å². The van der Waals surface area contributed by atoms with Crippen LogP contribution in [0.4, 0.5) is 11.6 Å². The minimum Gasteiger partial charge on any atom is -0.495 e. The van der Waals surface area contributed by atoms with Gasteiger partial charge >= 0.3 is 0 Å². The van der Waals surface area contributed by atoms with Gasteiger partial charge in [-0.3, -0.25) is 4.98 Å². The predicted molar refractivity (Wildman–Crippen MR) is 110 cm³/mol. The number of piperidine rings is 1. The highest BCUT2D eigenvalue weighted by molar-refractivity contribution is 6.32. The van der Waals surface area contributed by atoms with E-state index in [4.69, 9.17) is 16.3 Å². The van der Waals surface area contributed by atoms with Crippen LogP contribution in [0.25, 0.3) is 10.9 Å². The van der Waals surface area contributed by atoms with Gasteiger partial charge in [0.15, 0.2) is 11.6 Å². The van der Waals surface area contributed by atoms with Crippen LogP contribution < -0.4 is 15.0 Å². The molecule has 28 heavy (non-hydrogen) atoms. The molecule has 0 amide bonds. The van der Waals surface area contributed by atoms with Crippen LogP contribution in [0.2, 0.25) is 5.02 Å². The summed E-state index contributed by atoms with van der Waals surface area (Å²) in [7, 11) is 1.59. The third kappa shape index (κ3) is 3.81. The molecule has 1 aliphatic heterocycles. The molecule has 1 aromatic carbocycles. The van der Waals surface area contributed by atoms with Crippen molar-refractivity contribution in [2.45, 2.75) is 25.5 Å². The first-order valence-electron chi connectivity index (χ1n) is 9.26. The van der Waals surface area contributed by atoms with Crippen LogP contribution in [-0.4, -0.2) is 46.6 Å². The van der Waals surface area contributed by atoms with E-state index in [0.29, 0.717) is 23.1 Å². The quantitative estimate of drug-likeness (QED) is 0.681. The number of aromatic nitrogens is 3. The Kier molecular flexibility index (Phi) is 5.45. The summed E-state index contributed by atoms with van der Waals surface area (Å²) in [6, 6.07) is 9.57. The second kappa shape index (κ2) is 8.16. The largest absolute Gasteiger partial charge is 0.495 e. The van der Waals surface area contributed by atoms with E-state index < -0.39 is 0 Å². The fourth-order valence-electron chi connectivity index (χ4n) is 3.41. The van der Waals surface area contributed by atoms with E-state index in [-0.39, 0.29) is 6.10 Å². The molecule has 8 heteroatoms. The fraction of sp³-hybridized carbons (Fsp3) is 0.350. The van der Waals surface area contributed by atoms with Gasteiger partial charge in [-0.25, -0.2) is 0 Å². The number of rotatable bonds is 5. The molecule has 0 spiro atoms. The molecule has 0 aliphatic carbocycles. The SMILES string of the molecule is COc1ccc(CNc2nnc(N3CCC(O)CC3)c3cccnc23)cc1Cl. The topological polar surface area (TPSA) is 83.4 Å². The summed E-state index contributed by atoms with van der Waals surface area (Å²) in [5.41, 5.74) is 1.78. The number of nitrogens with one attached hydrogen (secondary N) is 1. The first kappa shape index (κ1) is 18.7. The summed E-state index contributed by atoms with van der Waals surface area (Å²) in [6.07, 6.45) is 3.00. The summed E-state index contributed by atoms with van der Waals surface area (Å²) >= 11 is 6.21. The van der Waals surface area contributed by atoms with Gasteiger partial charge in [-0.1, -0.05) is 17.7 Å². The number of anilines is 2. The summed E-state index contributed by atoms with van der Waals surface area (Å²) in [6.45, 7) is 2.06. The lowest BCUT2D eigenvalue weighted by Gasteiger charge is -2.30. The molecule has 2 N–H and O–H groups in total. The Labute approximate surface area is 168 Å². The van der Waals surface area contributed by atoms with Crippen molar-refractivity contribution >= 4 is 34.1 Å². The molecule has 7 nitrogen and oxygen atoms in total. The van der Waals surface area contributed by atoms with E-state index in [2.05, 4.69) is 25.4 Å². The normalized spacial score (nSPS) is 15.0. The van der Waals surface area contributed by atoms with Gasteiger partial charge < -0.3 is 20.1 Å². The highest BCUT2D eigenvalue weighted by Crippen LogP contribution is 2.29. The molecule has 0 unspecified atom stereocenters. The van der Waals surface area contributed by atoms with E-state index in [9.17, 15) is 5.11 Å². The Morgan fingerprint density at radius 1 is 1.25 bits per heavy atom. The summed E-state index contributed by atoms with van der Waals surface area (Å²) in [5.74, 6) is 2.09. The van der Waals surface area contributed by atoms with Gasteiger partial charge in [-0.05, 0) is 42.7 Å². The second-order valence-electron chi connectivity index (χ2n) is 6.81. The molecule has 0 radical (unpaired) electrons. The third-order valence-electron chi connectivity index (χ3n) is 4.96. The summed E-state index contributed by atoms with van der Waals surface area (Å²) in [4.78, 5) is 6.69. The van der Waals surface area contributed by atoms with Gasteiger partial charge in [0.05, 0.1) is 18.2 Å². The molecule has 146 valence electrons. The molecule has 0 atom stereocenters. The molecule has 0 bridgehead atoms. The number of halogens is 1. The lowest BCUT2D eigenvalue weighted by atomic mass is 10.1. The molecule has 2 aromatic heterocycles. The van der Waals surface area contributed by atoms with Crippen LogP contribution >= 0.6 is 11.6 Å². The van der Waals surface area contributed by atoms with Gasteiger partial charge in [-0.2, -0.15) is 0 Å². The van der Waals surface area contributed by atoms with Gasteiger partial charge in [-0.15, -0.1) is 10.2 Å². The number of methoxy groups -OCH3 is 1. The molecular formula is C20H22ClN5O2. The van der Waals surface area contributed by atoms with Crippen molar-refractivity contribution in [1.82, 2.24) is 15.2 Å². The highest BCUT2D eigenvalue weighted by Gasteiger charge is 2.21. The van der Waals surface area contributed by atoms with Crippen molar-refractivity contribution < 1.29 is 9.84 Å². The van der Waals surface area contributed by atoms with Crippen molar-refractivity contribution in [3.63, 3.8) is 0 Å². The lowest BCUT2D eigenvalue weighted by Crippen LogP contribution is -2.36. The monoisotopic (exact) mass is 399 g/mol. The van der Waals surface area contributed by atoms with E-state index in [1.807, 2.05) is 30.3 Å². The van der Waals surface area contributed by atoms with E-state index in [1.54, 1.807) is 13.3 Å². The number of hydrogen-bond donors (Lipinski definition) is 2. The Morgan fingerprint density at radius 2 is 2.07 bits per heavy atom. The predicted octanol–water partition coefficient (Wildman–Crippen LogP) is 3.26. The molecule has 0 saturated carbocycles. The van der Waals surface area contributed by atoms with E-state index in [0.717, 1.165) is 48.2 Å². The van der Waals surface area contributed by atoms with Crippen molar-refractivity contribution in [3.05, 3.63) is 47.1 Å². The molecule has 3 heterocycles. The third-order valence-corrected chi connectivity index (χ3v) is 5.25. The highest BCUT2D eigenvalue weighted by atomic mass is 35.5. The first-order valence-corrected chi connectivity index (χ1v) is 9.64. The van der Waals surface area contributed by atoms with E-state index in [1.165, 1.54) is 0 Å². The van der Waals surface area contributed by atoms with Crippen molar-refractivity contribution in [2.75, 3.05) is 30.4 Å². The Bertz CT molecular complexity index is 976. The van der Waals surface area contributed by atoms with Crippen LogP contribution in [0.3, 0.4) is 0 Å².